The van der Waals surface area contributed by atoms with E-state index in [2.05, 4.69) is 40.0 Å². The number of hydrogen-bond donors (Lipinski definition) is 2. The van der Waals surface area contributed by atoms with Gasteiger partial charge in [-0.15, -0.1) is 11.3 Å². The summed E-state index contributed by atoms with van der Waals surface area (Å²) in [4.78, 5) is 8.65. The maximum absolute atomic E-state index is 5.69. The Balaban J connectivity index is 1.67. The summed E-state index contributed by atoms with van der Waals surface area (Å²) in [7, 11) is 1.65. The molecule has 1 unspecified atom stereocenters. The maximum Gasteiger partial charge on any atom is 0.191 e. The number of benzene rings is 1. The summed E-state index contributed by atoms with van der Waals surface area (Å²) in [6.45, 7) is 10.3. The molecule has 1 aliphatic rings. The van der Waals surface area contributed by atoms with Gasteiger partial charge in [-0.05, 0) is 43.0 Å². The van der Waals surface area contributed by atoms with Crippen LogP contribution in [0.15, 0.2) is 40.7 Å². The van der Waals surface area contributed by atoms with Gasteiger partial charge < -0.3 is 24.8 Å². The zero-order valence-electron chi connectivity index (χ0n) is 18.7. The largest absolute Gasteiger partial charge is 0.493 e. The lowest BCUT2D eigenvalue weighted by Gasteiger charge is -2.34. The van der Waals surface area contributed by atoms with E-state index in [1.54, 1.807) is 18.4 Å². The summed E-state index contributed by atoms with van der Waals surface area (Å²) < 4.78 is 16.6. The Labute approximate surface area is 189 Å². The number of nitrogens with one attached hydrogen (secondary N) is 2. The Kier molecular flexibility index (Phi) is 9.45. The zero-order chi connectivity index (χ0) is 21.9. The molecule has 1 aromatic heterocycles. The minimum absolute atomic E-state index is 0.304. The first-order valence-corrected chi connectivity index (χ1v) is 11.8. The van der Waals surface area contributed by atoms with Gasteiger partial charge in [-0.3, -0.25) is 4.90 Å². The maximum atomic E-state index is 5.69. The Morgan fingerprint density at radius 3 is 2.71 bits per heavy atom. The van der Waals surface area contributed by atoms with Crippen LogP contribution in [-0.2, 0) is 11.3 Å². The third-order valence-electron chi connectivity index (χ3n) is 5.11. The first-order valence-electron chi connectivity index (χ1n) is 10.9. The van der Waals surface area contributed by atoms with Crippen molar-refractivity contribution in [3.8, 4) is 11.5 Å². The lowest BCUT2D eigenvalue weighted by Crippen LogP contribution is -2.46. The number of guanidine groups is 1. The fraction of sp³-hybridized carbons (Fsp3) is 0.522. The standard InChI is InChI=1S/C23H34N4O3S/c1-4-24-23(25-16-18-8-9-20(28-3)21(15-18)30-5-2)26-17-19(22-7-6-14-31-22)27-10-12-29-13-11-27/h6-9,14-15,19H,4-5,10-13,16-17H2,1-3H3,(H2,24,25,26). The van der Waals surface area contributed by atoms with Crippen molar-refractivity contribution in [2.45, 2.75) is 26.4 Å². The molecule has 1 aromatic carbocycles. The molecule has 1 fully saturated rings. The van der Waals surface area contributed by atoms with Crippen molar-refractivity contribution in [2.24, 2.45) is 4.99 Å². The van der Waals surface area contributed by atoms with Crippen LogP contribution in [0.3, 0.4) is 0 Å². The molecule has 2 heterocycles. The van der Waals surface area contributed by atoms with Gasteiger partial charge in [0, 0.05) is 31.1 Å². The molecular weight excluding hydrogens is 412 g/mol. The van der Waals surface area contributed by atoms with Gasteiger partial charge in [-0.1, -0.05) is 12.1 Å². The highest BCUT2D eigenvalue weighted by Gasteiger charge is 2.23. The summed E-state index contributed by atoms with van der Waals surface area (Å²) in [5.41, 5.74) is 1.07. The summed E-state index contributed by atoms with van der Waals surface area (Å²) in [5.74, 6) is 2.30. The number of morpholine rings is 1. The Morgan fingerprint density at radius 2 is 2.03 bits per heavy atom. The highest BCUT2D eigenvalue weighted by atomic mass is 32.1. The predicted molar refractivity (Wildman–Crippen MR) is 126 cm³/mol. The molecule has 1 atom stereocenters. The number of ether oxygens (including phenoxy) is 3. The minimum Gasteiger partial charge on any atom is -0.493 e. The van der Waals surface area contributed by atoms with Crippen LogP contribution in [0.1, 0.15) is 30.3 Å². The summed E-state index contributed by atoms with van der Waals surface area (Å²) in [5, 5.41) is 9.05. The molecule has 1 saturated heterocycles. The van der Waals surface area contributed by atoms with Gasteiger partial charge in [-0.25, -0.2) is 4.99 Å². The first kappa shape index (κ1) is 23.4. The lowest BCUT2D eigenvalue weighted by molar-refractivity contribution is 0.0177. The van der Waals surface area contributed by atoms with Crippen LogP contribution >= 0.6 is 11.3 Å². The number of hydrogen-bond acceptors (Lipinski definition) is 6. The van der Waals surface area contributed by atoms with Crippen LogP contribution in [-0.4, -0.2) is 64.0 Å². The van der Waals surface area contributed by atoms with Crippen molar-refractivity contribution < 1.29 is 14.2 Å². The second-order valence-electron chi connectivity index (χ2n) is 7.17. The van der Waals surface area contributed by atoms with Crippen molar-refractivity contribution in [1.82, 2.24) is 15.5 Å². The van der Waals surface area contributed by atoms with E-state index >= 15 is 0 Å². The number of rotatable bonds is 10. The minimum atomic E-state index is 0.304. The molecule has 0 spiro atoms. The zero-order valence-corrected chi connectivity index (χ0v) is 19.5. The average Bonchev–Trinajstić information content (AvgIpc) is 3.33. The van der Waals surface area contributed by atoms with E-state index in [0.717, 1.165) is 62.4 Å². The number of thiophene rings is 1. The molecule has 2 aromatic rings. The molecule has 0 aliphatic carbocycles. The van der Waals surface area contributed by atoms with Crippen LogP contribution in [0.25, 0.3) is 0 Å². The molecule has 31 heavy (non-hydrogen) atoms. The summed E-state index contributed by atoms with van der Waals surface area (Å²) in [6.07, 6.45) is 0. The van der Waals surface area contributed by atoms with Crippen molar-refractivity contribution in [3.05, 3.63) is 46.2 Å². The fourth-order valence-electron chi connectivity index (χ4n) is 3.57. The van der Waals surface area contributed by atoms with Crippen molar-refractivity contribution in [1.29, 1.82) is 0 Å². The van der Waals surface area contributed by atoms with E-state index in [0.29, 0.717) is 19.2 Å². The number of methoxy groups -OCH3 is 1. The summed E-state index contributed by atoms with van der Waals surface area (Å²) >= 11 is 1.80. The molecule has 0 amide bonds. The van der Waals surface area contributed by atoms with Crippen molar-refractivity contribution in [2.75, 3.05) is 53.1 Å². The van der Waals surface area contributed by atoms with E-state index in [1.165, 1.54) is 4.88 Å². The van der Waals surface area contributed by atoms with Gasteiger partial charge in [0.05, 0.1) is 39.5 Å². The molecule has 2 N–H and O–H groups in total. The van der Waals surface area contributed by atoms with E-state index in [-0.39, 0.29) is 0 Å². The highest BCUT2D eigenvalue weighted by molar-refractivity contribution is 7.10. The second-order valence-corrected chi connectivity index (χ2v) is 8.15. The molecule has 7 nitrogen and oxygen atoms in total. The van der Waals surface area contributed by atoms with Crippen molar-refractivity contribution in [3.63, 3.8) is 0 Å². The molecule has 1 aliphatic heterocycles. The van der Waals surface area contributed by atoms with Gasteiger partial charge in [0.15, 0.2) is 17.5 Å². The molecule has 0 saturated carbocycles. The van der Waals surface area contributed by atoms with Crippen LogP contribution in [0.5, 0.6) is 11.5 Å². The van der Waals surface area contributed by atoms with Gasteiger partial charge in [0.1, 0.15) is 0 Å². The highest BCUT2D eigenvalue weighted by Crippen LogP contribution is 2.28. The predicted octanol–water partition coefficient (Wildman–Crippen LogP) is 3.28. The van der Waals surface area contributed by atoms with Gasteiger partial charge in [-0.2, -0.15) is 0 Å². The van der Waals surface area contributed by atoms with E-state index < -0.39 is 0 Å². The average molecular weight is 447 g/mol. The normalized spacial score (nSPS) is 16.0. The van der Waals surface area contributed by atoms with E-state index in [9.17, 15) is 0 Å². The monoisotopic (exact) mass is 446 g/mol. The molecule has 0 bridgehead atoms. The van der Waals surface area contributed by atoms with E-state index in [4.69, 9.17) is 19.2 Å². The molecule has 170 valence electrons. The SMILES string of the molecule is CCNC(=NCc1ccc(OC)c(OCC)c1)NCC(c1cccs1)N1CCOCC1. The first-order chi connectivity index (χ1) is 15.2. The van der Waals surface area contributed by atoms with Crippen molar-refractivity contribution >= 4 is 17.3 Å². The molecule has 8 heteroatoms. The van der Waals surface area contributed by atoms with E-state index in [1.807, 2.05) is 25.1 Å². The van der Waals surface area contributed by atoms with Gasteiger partial charge in [0.2, 0.25) is 0 Å². The topological polar surface area (TPSA) is 67.4 Å². The van der Waals surface area contributed by atoms with Crippen LogP contribution in [0.2, 0.25) is 0 Å². The molecule has 3 rings (SSSR count). The Hall–Kier alpha value is -2.29. The second kappa shape index (κ2) is 12.5. The Bertz CT molecular complexity index is 807. The lowest BCUT2D eigenvalue weighted by atomic mass is 10.2. The quantitative estimate of drug-likeness (QED) is 0.431. The molecular formula is C23H34N4O3S. The number of nitrogens with zero attached hydrogens (tertiary/aromatic N) is 2. The van der Waals surface area contributed by atoms with Crippen LogP contribution < -0.4 is 20.1 Å². The number of aliphatic imine (C=N–C) groups is 1. The van der Waals surface area contributed by atoms with Crippen LogP contribution in [0.4, 0.5) is 0 Å². The fourth-order valence-corrected chi connectivity index (χ4v) is 4.43. The Morgan fingerprint density at radius 1 is 1.19 bits per heavy atom. The molecule has 0 radical (unpaired) electrons. The summed E-state index contributed by atoms with van der Waals surface area (Å²) in [6, 6.07) is 10.6. The third-order valence-corrected chi connectivity index (χ3v) is 6.09. The van der Waals surface area contributed by atoms with Crippen LogP contribution in [0, 0.1) is 0 Å². The van der Waals surface area contributed by atoms with Gasteiger partial charge in [0.25, 0.3) is 0 Å². The third kappa shape index (κ3) is 6.85. The van der Waals surface area contributed by atoms with Gasteiger partial charge >= 0.3 is 0 Å². The smallest absolute Gasteiger partial charge is 0.191 e.